The number of aromatic nitrogens is 1. The number of rotatable bonds is 5. The Morgan fingerprint density at radius 1 is 1.36 bits per heavy atom. The lowest BCUT2D eigenvalue weighted by atomic mass is 9.95. The van der Waals surface area contributed by atoms with E-state index in [1.807, 2.05) is 38.1 Å². The average molecular weight is 405 g/mol. The zero-order valence-corrected chi connectivity index (χ0v) is 15.6. The lowest BCUT2D eigenvalue weighted by Gasteiger charge is -2.26. The van der Waals surface area contributed by atoms with E-state index in [9.17, 15) is 4.79 Å². The van der Waals surface area contributed by atoms with Crippen LogP contribution in [0.1, 0.15) is 34.9 Å². The van der Waals surface area contributed by atoms with Crippen LogP contribution in [0, 0.1) is 0 Å². The van der Waals surface area contributed by atoms with E-state index in [0.717, 1.165) is 15.9 Å². The zero-order valence-electron chi connectivity index (χ0n) is 12.4. The molecule has 0 unspecified atom stereocenters. The van der Waals surface area contributed by atoms with Gasteiger partial charge < -0.3 is 11.1 Å². The van der Waals surface area contributed by atoms with Crippen LogP contribution in [0.15, 0.2) is 34.1 Å². The molecule has 0 radical (unpaired) electrons. The first kappa shape index (κ1) is 19.1. The monoisotopic (exact) mass is 403 g/mol. The van der Waals surface area contributed by atoms with Crippen LogP contribution in [0.5, 0.6) is 0 Å². The Bertz CT molecular complexity index is 628. The molecule has 0 saturated heterocycles. The van der Waals surface area contributed by atoms with Gasteiger partial charge in [0, 0.05) is 21.9 Å². The smallest absolute Gasteiger partial charge is 0.271 e. The van der Waals surface area contributed by atoms with Crippen LogP contribution < -0.4 is 11.1 Å². The highest BCUT2D eigenvalue weighted by atomic mass is 79.9. The van der Waals surface area contributed by atoms with E-state index in [2.05, 4.69) is 26.2 Å². The summed E-state index contributed by atoms with van der Waals surface area (Å²) in [6.45, 7) is 4.37. The largest absolute Gasteiger partial charge is 0.345 e. The molecule has 0 fully saturated rings. The Labute approximate surface area is 149 Å². The molecule has 1 amide bonds. The van der Waals surface area contributed by atoms with Gasteiger partial charge in [-0.25, -0.2) is 4.98 Å². The molecule has 3 N–H and O–H groups in total. The van der Waals surface area contributed by atoms with Crippen molar-refractivity contribution >= 4 is 45.6 Å². The molecule has 0 bridgehead atoms. The fourth-order valence-electron chi connectivity index (χ4n) is 2.04. The molecule has 1 aromatic carbocycles. The third-order valence-corrected chi connectivity index (χ3v) is 4.37. The lowest BCUT2D eigenvalue weighted by Crippen LogP contribution is -2.45. The normalized spacial score (nSPS) is 10.9. The van der Waals surface area contributed by atoms with Gasteiger partial charge in [-0.2, -0.15) is 0 Å². The number of nitrogens with two attached hydrogens (primary N) is 1. The summed E-state index contributed by atoms with van der Waals surface area (Å²) in [6, 6.07) is 8.10. The highest BCUT2D eigenvalue weighted by molar-refractivity contribution is 9.10. The number of amides is 1. The summed E-state index contributed by atoms with van der Waals surface area (Å²) in [7, 11) is 0. The van der Waals surface area contributed by atoms with Crippen molar-refractivity contribution in [1.82, 2.24) is 10.3 Å². The van der Waals surface area contributed by atoms with Crippen molar-refractivity contribution in [2.24, 2.45) is 5.73 Å². The second-order valence-electron chi connectivity index (χ2n) is 5.47. The lowest BCUT2D eigenvalue weighted by molar-refractivity contribution is 0.0908. The van der Waals surface area contributed by atoms with Crippen LogP contribution >= 0.6 is 39.7 Å². The van der Waals surface area contributed by atoms with Crippen molar-refractivity contribution in [3.8, 4) is 0 Å². The van der Waals surface area contributed by atoms with Crippen LogP contribution in [0.3, 0.4) is 0 Å². The summed E-state index contributed by atoms with van der Waals surface area (Å²) in [5.41, 5.74) is 6.77. The number of thiazole rings is 1. The second kappa shape index (κ2) is 8.06. The number of nitrogens with one attached hydrogen (secondary N) is 1. The molecule has 2 rings (SSSR count). The summed E-state index contributed by atoms with van der Waals surface area (Å²) < 4.78 is 1.05. The van der Waals surface area contributed by atoms with E-state index in [4.69, 9.17) is 5.73 Å². The molecule has 0 saturated carbocycles. The van der Waals surface area contributed by atoms with Gasteiger partial charge in [-0.1, -0.05) is 28.1 Å². The van der Waals surface area contributed by atoms with E-state index in [-0.39, 0.29) is 23.9 Å². The number of nitrogens with zero attached hydrogens (tertiary/aromatic N) is 1. The predicted molar refractivity (Wildman–Crippen MR) is 96.6 cm³/mol. The topological polar surface area (TPSA) is 68.0 Å². The molecule has 1 heterocycles. The Hall–Kier alpha value is -0.950. The van der Waals surface area contributed by atoms with Crippen molar-refractivity contribution in [3.63, 3.8) is 0 Å². The van der Waals surface area contributed by atoms with Crippen molar-refractivity contribution in [2.75, 3.05) is 0 Å². The van der Waals surface area contributed by atoms with Crippen LogP contribution in [0.25, 0.3) is 0 Å². The molecule has 7 heteroatoms. The minimum Gasteiger partial charge on any atom is -0.345 e. The number of benzene rings is 1. The first-order chi connectivity index (χ1) is 9.89. The number of halogens is 2. The summed E-state index contributed by atoms with van der Waals surface area (Å²) in [5.74, 6) is -0.159. The molecule has 22 heavy (non-hydrogen) atoms. The number of hydrogen-bond acceptors (Lipinski definition) is 4. The molecule has 1 aromatic heterocycles. The molecule has 4 nitrogen and oxygen atoms in total. The molecule has 0 aliphatic carbocycles. The van der Waals surface area contributed by atoms with Gasteiger partial charge in [-0.05, 0) is 38.0 Å². The Morgan fingerprint density at radius 2 is 2.00 bits per heavy atom. The van der Waals surface area contributed by atoms with Gasteiger partial charge in [-0.15, -0.1) is 23.7 Å². The zero-order chi connectivity index (χ0) is 15.5. The average Bonchev–Trinajstić information content (AvgIpc) is 2.89. The molecule has 0 aliphatic heterocycles. The maximum absolute atomic E-state index is 12.2. The summed E-state index contributed by atoms with van der Waals surface area (Å²) in [5, 5.41) is 5.54. The minimum atomic E-state index is -0.350. The van der Waals surface area contributed by atoms with Gasteiger partial charge in [0.2, 0.25) is 0 Å². The molecule has 2 aromatic rings. The Morgan fingerprint density at radius 3 is 2.55 bits per heavy atom. The minimum absolute atomic E-state index is 0. The summed E-state index contributed by atoms with van der Waals surface area (Å²) >= 11 is 4.83. The Kier molecular flexibility index (Phi) is 6.99. The molecule has 0 atom stereocenters. The number of hydrogen-bond donors (Lipinski definition) is 2. The van der Waals surface area contributed by atoms with Gasteiger partial charge in [0.15, 0.2) is 0 Å². The first-order valence-corrected chi connectivity index (χ1v) is 8.28. The van der Waals surface area contributed by atoms with Crippen molar-refractivity contribution in [1.29, 1.82) is 0 Å². The second-order valence-corrected chi connectivity index (χ2v) is 7.33. The highest BCUT2D eigenvalue weighted by Crippen LogP contribution is 2.17. The molecule has 0 spiro atoms. The van der Waals surface area contributed by atoms with E-state index in [1.165, 1.54) is 16.9 Å². The third kappa shape index (κ3) is 5.35. The van der Waals surface area contributed by atoms with Gasteiger partial charge in [0.05, 0.1) is 0 Å². The maximum Gasteiger partial charge on any atom is 0.271 e. The fraction of sp³-hybridized carbons (Fsp3) is 0.333. The summed E-state index contributed by atoms with van der Waals surface area (Å²) in [4.78, 5) is 16.4. The standard InChI is InChI=1S/C15H18BrN3OS.ClH/c1-15(2,7-10-3-5-11(16)6-4-10)19-14(20)12-9-21-13(8-17)18-12;/h3-6,9H,7-8,17H2,1-2H3,(H,19,20);1H. The van der Waals surface area contributed by atoms with Crippen molar-refractivity contribution in [2.45, 2.75) is 32.4 Å². The van der Waals surface area contributed by atoms with Crippen LogP contribution in [0.2, 0.25) is 0 Å². The van der Waals surface area contributed by atoms with E-state index in [1.54, 1.807) is 5.38 Å². The Balaban J connectivity index is 0.00000242. The van der Waals surface area contributed by atoms with Crippen molar-refractivity contribution in [3.05, 3.63) is 50.4 Å². The molecular formula is C15H19BrClN3OS. The number of carbonyl (C=O) groups excluding carboxylic acids is 1. The molecule has 0 aliphatic rings. The summed E-state index contributed by atoms with van der Waals surface area (Å²) in [6.07, 6.45) is 0.750. The van der Waals surface area contributed by atoms with Gasteiger partial charge in [-0.3, -0.25) is 4.79 Å². The van der Waals surface area contributed by atoms with Crippen LogP contribution in [-0.2, 0) is 13.0 Å². The van der Waals surface area contributed by atoms with E-state index in [0.29, 0.717) is 12.2 Å². The maximum atomic E-state index is 12.2. The van der Waals surface area contributed by atoms with E-state index < -0.39 is 0 Å². The number of carbonyl (C=O) groups is 1. The molecule has 120 valence electrons. The van der Waals surface area contributed by atoms with Crippen LogP contribution in [-0.4, -0.2) is 16.4 Å². The van der Waals surface area contributed by atoms with Crippen LogP contribution in [0.4, 0.5) is 0 Å². The fourth-order valence-corrected chi connectivity index (χ4v) is 2.96. The van der Waals surface area contributed by atoms with Gasteiger partial charge in [0.1, 0.15) is 10.7 Å². The highest BCUT2D eigenvalue weighted by Gasteiger charge is 2.23. The SMILES string of the molecule is CC(C)(Cc1ccc(Br)cc1)NC(=O)c1csc(CN)n1.Cl. The van der Waals surface area contributed by atoms with Crippen molar-refractivity contribution < 1.29 is 4.79 Å². The third-order valence-electron chi connectivity index (χ3n) is 2.97. The quantitative estimate of drug-likeness (QED) is 0.801. The predicted octanol–water partition coefficient (Wildman–Crippen LogP) is 3.54. The van der Waals surface area contributed by atoms with Gasteiger partial charge in [0.25, 0.3) is 5.91 Å². The van der Waals surface area contributed by atoms with Gasteiger partial charge >= 0.3 is 0 Å². The molecular weight excluding hydrogens is 386 g/mol. The van der Waals surface area contributed by atoms with E-state index >= 15 is 0 Å². The first-order valence-electron chi connectivity index (χ1n) is 6.61.